The Kier molecular flexibility index (Phi) is 6.06. The first-order valence-corrected chi connectivity index (χ1v) is 8.45. The zero-order chi connectivity index (χ0) is 17.9. The number of allylic oxidation sites excluding steroid dienone is 1. The maximum absolute atomic E-state index is 12.7. The molecule has 0 aromatic rings. The molecule has 0 aromatic carbocycles. The molecule has 0 heterocycles. The summed E-state index contributed by atoms with van der Waals surface area (Å²) < 4.78 is 10.6. The molecule has 0 fully saturated rings. The average molecular weight is 324 g/mol. The van der Waals surface area contributed by atoms with Gasteiger partial charge in [0.15, 0.2) is 0 Å². The smallest absolute Gasteiger partial charge is 0.429 e. The van der Waals surface area contributed by atoms with Crippen molar-refractivity contribution in [1.82, 2.24) is 0 Å². The van der Waals surface area contributed by atoms with Crippen molar-refractivity contribution in [1.29, 1.82) is 0 Å². The highest BCUT2D eigenvalue weighted by atomic mass is 16.7. The third-order valence-corrected chi connectivity index (χ3v) is 4.00. The Hall–Kier alpha value is -1.32. The molecule has 0 saturated heterocycles. The third kappa shape index (κ3) is 6.36. The second kappa shape index (κ2) is 7.06. The van der Waals surface area contributed by atoms with Crippen LogP contribution in [0.3, 0.4) is 0 Å². The fourth-order valence-electron chi connectivity index (χ4n) is 2.98. The van der Waals surface area contributed by atoms with Crippen LogP contribution in [0.25, 0.3) is 0 Å². The summed E-state index contributed by atoms with van der Waals surface area (Å²) in [5.74, 6) is 0.293. The van der Waals surface area contributed by atoms with Crippen molar-refractivity contribution in [3.8, 4) is 0 Å². The van der Waals surface area contributed by atoms with Crippen LogP contribution in [0.2, 0.25) is 0 Å². The molecule has 0 unspecified atom stereocenters. The van der Waals surface area contributed by atoms with E-state index in [0.29, 0.717) is 18.6 Å². The van der Waals surface area contributed by atoms with Crippen LogP contribution in [-0.4, -0.2) is 23.6 Å². The average Bonchev–Trinajstić information content (AvgIpc) is 2.31. The van der Waals surface area contributed by atoms with Crippen molar-refractivity contribution in [3.63, 3.8) is 0 Å². The molecule has 1 aliphatic rings. The Balaban J connectivity index is 2.69. The number of carbonyl (C=O) groups is 2. The van der Waals surface area contributed by atoms with Crippen molar-refractivity contribution >= 4 is 11.9 Å². The predicted octanol–water partition coefficient (Wildman–Crippen LogP) is 5.06. The number of ether oxygens (including phenoxy) is 2. The first kappa shape index (κ1) is 19.7. The molecular formula is C19H32O4. The fourth-order valence-corrected chi connectivity index (χ4v) is 2.98. The lowest BCUT2D eigenvalue weighted by molar-refractivity contribution is -0.136. The van der Waals surface area contributed by atoms with Crippen LogP contribution in [0.5, 0.6) is 0 Å². The van der Waals surface area contributed by atoms with E-state index in [1.165, 1.54) is 0 Å². The maximum atomic E-state index is 12.7. The van der Waals surface area contributed by atoms with E-state index in [1.54, 1.807) is 0 Å². The Morgan fingerprint density at radius 1 is 1.13 bits per heavy atom. The molecule has 1 rings (SSSR count). The molecule has 0 aliphatic heterocycles. The lowest BCUT2D eigenvalue weighted by Gasteiger charge is -2.35. The van der Waals surface area contributed by atoms with Crippen LogP contribution in [-0.2, 0) is 14.3 Å². The molecule has 0 radical (unpaired) electrons. The Labute approximate surface area is 140 Å². The zero-order valence-corrected chi connectivity index (χ0v) is 15.7. The molecule has 0 amide bonds. The highest BCUT2D eigenvalue weighted by molar-refractivity contribution is 5.89. The fraction of sp³-hybridized carbons (Fsp3) is 0.789. The minimum Gasteiger partial charge on any atom is -0.429 e. The number of carbonyl (C=O) groups excluding carboxylic acids is 2. The van der Waals surface area contributed by atoms with Gasteiger partial charge in [-0.05, 0) is 52.5 Å². The number of hydrogen-bond donors (Lipinski definition) is 0. The summed E-state index contributed by atoms with van der Waals surface area (Å²) in [6.07, 6.45) is 5.98. The Morgan fingerprint density at radius 2 is 1.74 bits per heavy atom. The summed E-state index contributed by atoms with van der Waals surface area (Å²) >= 11 is 0. The van der Waals surface area contributed by atoms with E-state index < -0.39 is 11.8 Å². The van der Waals surface area contributed by atoms with Crippen molar-refractivity contribution < 1.29 is 19.1 Å². The van der Waals surface area contributed by atoms with E-state index in [9.17, 15) is 9.59 Å². The summed E-state index contributed by atoms with van der Waals surface area (Å²) in [6.45, 7) is 13.4. The van der Waals surface area contributed by atoms with Crippen molar-refractivity contribution in [3.05, 3.63) is 12.2 Å². The number of Topliss-reactive ketones (excluding diaryl/α,β-unsaturated/α-hetero) is 1. The predicted molar refractivity (Wildman–Crippen MR) is 91.3 cm³/mol. The van der Waals surface area contributed by atoms with Crippen molar-refractivity contribution in [2.24, 2.45) is 10.8 Å². The van der Waals surface area contributed by atoms with Gasteiger partial charge in [0.25, 0.3) is 0 Å². The second-order valence-corrected chi connectivity index (χ2v) is 8.79. The van der Waals surface area contributed by atoms with E-state index in [4.69, 9.17) is 9.47 Å². The van der Waals surface area contributed by atoms with Gasteiger partial charge in [0.05, 0.1) is 0 Å². The van der Waals surface area contributed by atoms with E-state index in [-0.39, 0.29) is 16.9 Å². The van der Waals surface area contributed by atoms with Gasteiger partial charge < -0.3 is 9.47 Å². The normalized spacial score (nSPS) is 27.5. The summed E-state index contributed by atoms with van der Waals surface area (Å²) in [5, 5.41) is 0. The van der Waals surface area contributed by atoms with Crippen LogP contribution >= 0.6 is 0 Å². The first-order valence-electron chi connectivity index (χ1n) is 8.45. The summed E-state index contributed by atoms with van der Waals surface area (Å²) in [4.78, 5) is 24.4. The highest BCUT2D eigenvalue weighted by Crippen LogP contribution is 2.38. The van der Waals surface area contributed by atoms with Gasteiger partial charge in [-0.25, -0.2) is 4.79 Å². The van der Waals surface area contributed by atoms with E-state index in [1.807, 2.05) is 60.6 Å². The number of rotatable bonds is 2. The third-order valence-electron chi connectivity index (χ3n) is 4.00. The number of hydrogen-bond acceptors (Lipinski definition) is 4. The van der Waals surface area contributed by atoms with Crippen LogP contribution in [0.4, 0.5) is 4.79 Å². The minimum absolute atomic E-state index is 0.279. The minimum atomic E-state index is -0.638. The Morgan fingerprint density at radius 3 is 2.26 bits per heavy atom. The highest BCUT2D eigenvalue weighted by Gasteiger charge is 2.39. The van der Waals surface area contributed by atoms with Crippen LogP contribution < -0.4 is 0 Å². The molecule has 0 spiro atoms. The van der Waals surface area contributed by atoms with Crippen molar-refractivity contribution in [2.75, 3.05) is 0 Å². The molecule has 132 valence electrons. The van der Waals surface area contributed by atoms with E-state index in [0.717, 1.165) is 12.8 Å². The molecule has 1 aliphatic carbocycles. The standard InChI is InChI=1S/C19H32O4/c1-17(2,3)15(20)19(7)12-8-10-14(11-9-13-19)22-16(21)23-18(4,5)6/h8,10,14H,9,11-13H2,1-7H3/b10-8+/t14-,19+/m1/s1. The van der Waals surface area contributed by atoms with Crippen LogP contribution in [0, 0.1) is 10.8 Å². The van der Waals surface area contributed by atoms with Gasteiger partial charge >= 0.3 is 6.16 Å². The summed E-state index contributed by atoms with van der Waals surface area (Å²) in [7, 11) is 0. The van der Waals surface area contributed by atoms with E-state index in [2.05, 4.69) is 0 Å². The maximum Gasteiger partial charge on any atom is 0.509 e. The largest absolute Gasteiger partial charge is 0.509 e. The topological polar surface area (TPSA) is 52.6 Å². The van der Waals surface area contributed by atoms with Gasteiger partial charge in [-0.15, -0.1) is 0 Å². The molecule has 0 saturated carbocycles. The monoisotopic (exact) mass is 324 g/mol. The summed E-state index contributed by atoms with van der Waals surface area (Å²) in [6, 6.07) is 0. The van der Waals surface area contributed by atoms with Gasteiger partial charge in [-0.2, -0.15) is 0 Å². The lowest BCUT2D eigenvalue weighted by atomic mass is 9.68. The van der Waals surface area contributed by atoms with Gasteiger partial charge in [0.1, 0.15) is 17.5 Å². The quantitative estimate of drug-likeness (QED) is 0.526. The number of ketones is 1. The molecule has 0 bridgehead atoms. The zero-order valence-electron chi connectivity index (χ0n) is 15.7. The molecule has 23 heavy (non-hydrogen) atoms. The molecule has 2 atom stereocenters. The molecule has 4 nitrogen and oxygen atoms in total. The lowest BCUT2D eigenvalue weighted by Crippen LogP contribution is -2.37. The summed E-state index contributed by atoms with van der Waals surface area (Å²) in [5.41, 5.74) is -1.24. The van der Waals surface area contributed by atoms with E-state index >= 15 is 0 Å². The molecule has 0 aromatic heterocycles. The SMILES string of the molecule is CC(C)(C)OC(=O)O[C@@H]1/C=C/C[C@](C)(C(=O)C(C)(C)C)CCC1. The molecular weight excluding hydrogens is 292 g/mol. The Bertz CT molecular complexity index is 465. The van der Waals surface area contributed by atoms with Gasteiger partial charge in [0.2, 0.25) is 0 Å². The molecule has 0 N–H and O–H groups in total. The first-order chi connectivity index (χ1) is 10.3. The second-order valence-electron chi connectivity index (χ2n) is 8.79. The van der Waals surface area contributed by atoms with Crippen molar-refractivity contribution in [2.45, 2.75) is 85.9 Å². The van der Waals surface area contributed by atoms with Gasteiger partial charge in [0, 0.05) is 10.8 Å². The van der Waals surface area contributed by atoms with Crippen LogP contribution in [0.15, 0.2) is 12.2 Å². The molecule has 4 heteroatoms. The van der Waals surface area contributed by atoms with Gasteiger partial charge in [-0.3, -0.25) is 4.79 Å². The van der Waals surface area contributed by atoms with Gasteiger partial charge in [-0.1, -0.05) is 33.8 Å². The van der Waals surface area contributed by atoms with Crippen LogP contribution in [0.1, 0.15) is 74.1 Å².